The van der Waals surface area contributed by atoms with Crippen molar-refractivity contribution < 1.29 is 4.74 Å². The lowest BCUT2D eigenvalue weighted by Crippen LogP contribution is -2.53. The number of ether oxygens (including phenoxy) is 1. The summed E-state index contributed by atoms with van der Waals surface area (Å²) in [6.07, 6.45) is 0.829. The van der Waals surface area contributed by atoms with E-state index in [1.165, 1.54) is 0 Å². The molecule has 1 fully saturated rings. The molecule has 1 aromatic rings. The molecule has 0 aromatic heterocycles. The van der Waals surface area contributed by atoms with Gasteiger partial charge in [0, 0.05) is 19.6 Å². The molecule has 0 aliphatic carbocycles. The highest BCUT2D eigenvalue weighted by Gasteiger charge is 2.33. The summed E-state index contributed by atoms with van der Waals surface area (Å²) in [6.45, 7) is 8.86. The van der Waals surface area contributed by atoms with Gasteiger partial charge >= 0.3 is 0 Å². The van der Waals surface area contributed by atoms with Crippen LogP contribution in [-0.4, -0.2) is 36.2 Å². The van der Waals surface area contributed by atoms with Crippen molar-refractivity contribution in [2.24, 2.45) is 5.73 Å². The highest BCUT2D eigenvalue weighted by atomic mass is 16.5. The fraction of sp³-hybridized carbons (Fsp3) is 0.588. The van der Waals surface area contributed by atoms with Crippen molar-refractivity contribution in [1.29, 1.82) is 5.26 Å². The summed E-state index contributed by atoms with van der Waals surface area (Å²) in [5.41, 5.74) is 6.13. The summed E-state index contributed by atoms with van der Waals surface area (Å²) in [6, 6.07) is 11.9. The average molecular weight is 287 g/mol. The van der Waals surface area contributed by atoms with E-state index in [4.69, 9.17) is 10.5 Å². The number of nitrogens with two attached hydrogens (primary N) is 1. The van der Waals surface area contributed by atoms with Crippen LogP contribution in [0.4, 0.5) is 0 Å². The third kappa shape index (κ3) is 4.04. The van der Waals surface area contributed by atoms with Crippen LogP contribution in [0.2, 0.25) is 0 Å². The van der Waals surface area contributed by atoms with Gasteiger partial charge in [-0.05, 0) is 32.8 Å². The van der Waals surface area contributed by atoms with Crippen LogP contribution in [0.1, 0.15) is 32.8 Å². The molecule has 0 amide bonds. The highest BCUT2D eigenvalue weighted by Crippen LogP contribution is 2.25. The van der Waals surface area contributed by atoms with Gasteiger partial charge in [-0.3, -0.25) is 4.90 Å². The van der Waals surface area contributed by atoms with Gasteiger partial charge in [0.25, 0.3) is 0 Å². The SMILES string of the molecule is CC1CN(CCC(N)(C#N)c2ccccc2)CC(C)(C)O1. The van der Waals surface area contributed by atoms with E-state index in [-0.39, 0.29) is 11.7 Å². The fourth-order valence-electron chi connectivity index (χ4n) is 3.09. The Balaban J connectivity index is 2.02. The Bertz CT molecular complexity index is 509. The zero-order valence-corrected chi connectivity index (χ0v) is 13.2. The number of hydrogen-bond acceptors (Lipinski definition) is 4. The van der Waals surface area contributed by atoms with E-state index in [9.17, 15) is 5.26 Å². The Morgan fingerprint density at radius 2 is 2.10 bits per heavy atom. The Hall–Kier alpha value is -1.41. The molecule has 4 nitrogen and oxygen atoms in total. The molecule has 2 atom stereocenters. The van der Waals surface area contributed by atoms with E-state index in [1.54, 1.807) is 0 Å². The summed E-state index contributed by atoms with van der Waals surface area (Å²) in [5, 5.41) is 9.50. The minimum Gasteiger partial charge on any atom is -0.370 e. The Morgan fingerprint density at radius 1 is 1.43 bits per heavy atom. The van der Waals surface area contributed by atoms with E-state index in [2.05, 4.69) is 31.7 Å². The Kier molecular flexibility index (Phi) is 4.67. The second-order valence-corrected chi connectivity index (χ2v) is 6.62. The second-order valence-electron chi connectivity index (χ2n) is 6.62. The normalized spacial score (nSPS) is 25.0. The van der Waals surface area contributed by atoms with Crippen LogP contribution in [0.25, 0.3) is 0 Å². The third-order valence-corrected chi connectivity index (χ3v) is 3.95. The lowest BCUT2D eigenvalue weighted by Gasteiger charge is -2.42. The molecule has 114 valence electrons. The fourth-order valence-corrected chi connectivity index (χ4v) is 3.09. The number of nitriles is 1. The van der Waals surface area contributed by atoms with Gasteiger partial charge in [-0.15, -0.1) is 0 Å². The van der Waals surface area contributed by atoms with Crippen LogP contribution in [0, 0.1) is 11.3 Å². The van der Waals surface area contributed by atoms with E-state index in [1.807, 2.05) is 30.3 Å². The number of hydrogen-bond donors (Lipinski definition) is 1. The zero-order valence-electron chi connectivity index (χ0n) is 13.2. The summed E-state index contributed by atoms with van der Waals surface area (Å²) in [7, 11) is 0. The van der Waals surface area contributed by atoms with Crippen molar-refractivity contribution >= 4 is 0 Å². The standard InChI is InChI=1S/C17H25N3O/c1-14-11-20(13-16(2,3)21-14)10-9-17(19,12-18)15-7-5-4-6-8-15/h4-8,14H,9-11,13,19H2,1-3H3. The minimum atomic E-state index is -0.924. The van der Waals surface area contributed by atoms with Crippen molar-refractivity contribution in [3.8, 4) is 6.07 Å². The molecule has 21 heavy (non-hydrogen) atoms. The van der Waals surface area contributed by atoms with Crippen molar-refractivity contribution in [2.45, 2.75) is 44.4 Å². The number of benzene rings is 1. The monoisotopic (exact) mass is 287 g/mol. The van der Waals surface area contributed by atoms with E-state index in [0.717, 1.165) is 25.2 Å². The molecular formula is C17H25N3O. The Labute approximate surface area is 127 Å². The lowest BCUT2D eigenvalue weighted by atomic mass is 9.88. The van der Waals surface area contributed by atoms with Gasteiger partial charge in [0.1, 0.15) is 5.54 Å². The summed E-state index contributed by atoms with van der Waals surface area (Å²) >= 11 is 0. The van der Waals surface area contributed by atoms with Gasteiger partial charge in [-0.25, -0.2) is 0 Å². The quantitative estimate of drug-likeness (QED) is 0.922. The van der Waals surface area contributed by atoms with Gasteiger partial charge < -0.3 is 10.5 Å². The molecule has 2 N–H and O–H groups in total. The first kappa shape index (κ1) is 16.0. The Morgan fingerprint density at radius 3 is 2.67 bits per heavy atom. The van der Waals surface area contributed by atoms with E-state index >= 15 is 0 Å². The molecule has 1 heterocycles. The number of morpholine rings is 1. The van der Waals surface area contributed by atoms with Crippen LogP contribution in [0.3, 0.4) is 0 Å². The van der Waals surface area contributed by atoms with Crippen LogP contribution < -0.4 is 5.73 Å². The molecule has 2 rings (SSSR count). The smallest absolute Gasteiger partial charge is 0.131 e. The molecular weight excluding hydrogens is 262 g/mol. The predicted octanol–water partition coefficient (Wildman–Crippen LogP) is 2.25. The first-order valence-corrected chi connectivity index (χ1v) is 7.50. The predicted molar refractivity (Wildman–Crippen MR) is 83.6 cm³/mol. The molecule has 1 saturated heterocycles. The molecule has 1 aliphatic rings. The summed E-state index contributed by atoms with van der Waals surface area (Å²) in [4.78, 5) is 2.34. The molecule has 0 saturated carbocycles. The van der Waals surface area contributed by atoms with Crippen LogP contribution in [-0.2, 0) is 10.3 Å². The van der Waals surface area contributed by atoms with Crippen LogP contribution >= 0.6 is 0 Å². The molecule has 1 aromatic carbocycles. The summed E-state index contributed by atoms with van der Waals surface area (Å²) in [5.74, 6) is 0. The highest BCUT2D eigenvalue weighted by molar-refractivity contribution is 5.30. The van der Waals surface area contributed by atoms with Crippen LogP contribution in [0.15, 0.2) is 30.3 Å². The first-order valence-electron chi connectivity index (χ1n) is 7.50. The molecule has 2 unspecified atom stereocenters. The van der Waals surface area contributed by atoms with Crippen molar-refractivity contribution in [3.63, 3.8) is 0 Å². The zero-order chi connectivity index (χ0) is 15.5. The molecule has 0 radical (unpaired) electrons. The molecule has 4 heteroatoms. The maximum absolute atomic E-state index is 9.50. The third-order valence-electron chi connectivity index (χ3n) is 3.95. The van der Waals surface area contributed by atoms with Gasteiger partial charge in [-0.2, -0.15) is 5.26 Å². The van der Waals surface area contributed by atoms with Crippen molar-refractivity contribution in [2.75, 3.05) is 19.6 Å². The topological polar surface area (TPSA) is 62.3 Å². The van der Waals surface area contributed by atoms with Gasteiger partial charge in [0.2, 0.25) is 0 Å². The summed E-state index contributed by atoms with van der Waals surface area (Å²) < 4.78 is 5.91. The van der Waals surface area contributed by atoms with Gasteiger partial charge in [-0.1, -0.05) is 30.3 Å². The molecule has 1 aliphatic heterocycles. The lowest BCUT2D eigenvalue weighted by molar-refractivity contribution is -0.129. The number of rotatable bonds is 4. The van der Waals surface area contributed by atoms with Crippen LogP contribution in [0.5, 0.6) is 0 Å². The molecule has 0 spiro atoms. The number of nitrogens with zero attached hydrogens (tertiary/aromatic N) is 2. The van der Waals surface area contributed by atoms with E-state index < -0.39 is 5.54 Å². The van der Waals surface area contributed by atoms with Crippen molar-refractivity contribution in [1.82, 2.24) is 4.90 Å². The largest absolute Gasteiger partial charge is 0.370 e. The maximum Gasteiger partial charge on any atom is 0.131 e. The van der Waals surface area contributed by atoms with Gasteiger partial charge in [0.05, 0.1) is 17.8 Å². The van der Waals surface area contributed by atoms with Gasteiger partial charge in [0.15, 0.2) is 0 Å². The van der Waals surface area contributed by atoms with E-state index in [0.29, 0.717) is 6.42 Å². The molecule has 0 bridgehead atoms. The second kappa shape index (κ2) is 6.15. The average Bonchev–Trinajstić information content (AvgIpc) is 2.44. The first-order chi connectivity index (χ1) is 9.85. The minimum absolute atomic E-state index is 0.145. The van der Waals surface area contributed by atoms with Crippen molar-refractivity contribution in [3.05, 3.63) is 35.9 Å². The maximum atomic E-state index is 9.50.